The fourth-order valence-corrected chi connectivity index (χ4v) is 2.50. The first-order valence-electron chi connectivity index (χ1n) is 5.39. The van der Waals surface area contributed by atoms with E-state index < -0.39 is 27.3 Å². The van der Waals surface area contributed by atoms with Gasteiger partial charge in [0.25, 0.3) is 10.1 Å². The molecule has 1 aromatic rings. The highest BCUT2D eigenvalue weighted by molar-refractivity contribution is 7.86. The van der Waals surface area contributed by atoms with E-state index in [0.29, 0.717) is 0 Å². The summed E-state index contributed by atoms with van der Waals surface area (Å²) in [7, 11) is -4.15. The molecule has 6 nitrogen and oxygen atoms in total. The lowest BCUT2D eigenvalue weighted by molar-refractivity contribution is 0.0438. The Morgan fingerprint density at radius 2 is 2.00 bits per heavy atom. The molecule has 0 aliphatic carbocycles. The lowest BCUT2D eigenvalue weighted by Crippen LogP contribution is -2.33. The summed E-state index contributed by atoms with van der Waals surface area (Å²) in [6.45, 7) is 3.12. The Labute approximate surface area is 105 Å². The first-order valence-corrected chi connectivity index (χ1v) is 6.89. The molecule has 102 valence electrons. The van der Waals surface area contributed by atoms with Crippen molar-refractivity contribution in [1.82, 2.24) is 9.97 Å². The second-order valence-electron chi connectivity index (χ2n) is 3.80. The van der Waals surface area contributed by atoms with Gasteiger partial charge in [-0.15, -0.1) is 0 Å². The molecule has 1 N–H and O–H groups in total. The summed E-state index contributed by atoms with van der Waals surface area (Å²) < 4.78 is 48.9. The van der Waals surface area contributed by atoms with E-state index in [4.69, 9.17) is 9.29 Å². The van der Waals surface area contributed by atoms with Crippen LogP contribution in [-0.4, -0.2) is 34.3 Å². The summed E-state index contributed by atoms with van der Waals surface area (Å²) in [6.07, 6.45) is 1.51. The van der Waals surface area contributed by atoms with Crippen molar-refractivity contribution in [2.24, 2.45) is 0 Å². The molecule has 18 heavy (non-hydrogen) atoms. The fourth-order valence-electron chi connectivity index (χ4n) is 1.51. The summed E-state index contributed by atoms with van der Waals surface area (Å²) in [6, 6.07) is 0. The Bertz CT molecular complexity index is 477. The lowest BCUT2D eigenvalue weighted by Gasteiger charge is -2.19. The average Bonchev–Trinajstić information content (AvgIpc) is 2.27. The van der Waals surface area contributed by atoms with Crippen LogP contribution in [0.4, 0.5) is 4.39 Å². The van der Waals surface area contributed by atoms with E-state index in [1.807, 2.05) is 0 Å². The number of aromatic nitrogens is 2. The Kier molecular flexibility index (Phi) is 5.12. The van der Waals surface area contributed by atoms with Crippen LogP contribution in [0, 0.1) is 5.82 Å². The molecule has 0 fully saturated rings. The van der Waals surface area contributed by atoms with E-state index in [0.717, 1.165) is 12.4 Å². The maximum absolute atomic E-state index is 12.5. The van der Waals surface area contributed by atoms with Crippen molar-refractivity contribution >= 4 is 10.1 Å². The quantitative estimate of drug-likeness (QED) is 0.786. The summed E-state index contributed by atoms with van der Waals surface area (Å²) in [4.78, 5) is 7.35. The summed E-state index contributed by atoms with van der Waals surface area (Å²) >= 11 is 0. The second kappa shape index (κ2) is 6.17. The normalized spacial score (nSPS) is 15.3. The van der Waals surface area contributed by atoms with Crippen LogP contribution in [0.1, 0.15) is 26.1 Å². The minimum absolute atomic E-state index is 0.0481. The third-order valence-electron chi connectivity index (χ3n) is 2.46. The van der Waals surface area contributed by atoms with Crippen LogP contribution in [0.5, 0.6) is 0 Å². The van der Waals surface area contributed by atoms with Crippen molar-refractivity contribution in [2.75, 3.05) is 0 Å². The van der Waals surface area contributed by atoms with Gasteiger partial charge in [0.15, 0.2) is 11.6 Å². The number of halogens is 1. The van der Waals surface area contributed by atoms with Crippen LogP contribution in [0.2, 0.25) is 0 Å². The van der Waals surface area contributed by atoms with E-state index in [1.54, 1.807) is 6.92 Å². The van der Waals surface area contributed by atoms with Gasteiger partial charge in [-0.05, 0) is 13.3 Å². The number of ether oxygens (including phenoxy) is 1. The van der Waals surface area contributed by atoms with Crippen LogP contribution in [0.15, 0.2) is 12.4 Å². The molecule has 0 aliphatic heterocycles. The van der Waals surface area contributed by atoms with Crippen molar-refractivity contribution in [3.05, 3.63) is 24.0 Å². The van der Waals surface area contributed by atoms with Gasteiger partial charge < -0.3 is 4.74 Å². The van der Waals surface area contributed by atoms with E-state index >= 15 is 0 Å². The van der Waals surface area contributed by atoms with Crippen molar-refractivity contribution < 1.29 is 22.1 Å². The highest BCUT2D eigenvalue weighted by atomic mass is 32.2. The molecule has 0 spiro atoms. The van der Waals surface area contributed by atoms with Gasteiger partial charge in [-0.25, -0.2) is 14.4 Å². The highest BCUT2D eigenvalue weighted by Gasteiger charge is 2.28. The average molecular weight is 278 g/mol. The highest BCUT2D eigenvalue weighted by Crippen LogP contribution is 2.13. The molecule has 8 heteroatoms. The van der Waals surface area contributed by atoms with E-state index in [1.165, 1.54) is 6.92 Å². The van der Waals surface area contributed by atoms with Crippen LogP contribution in [0.25, 0.3) is 0 Å². The number of hydrogen-bond acceptors (Lipinski definition) is 5. The third-order valence-corrected chi connectivity index (χ3v) is 3.94. The van der Waals surface area contributed by atoms with Gasteiger partial charge in [-0.3, -0.25) is 4.55 Å². The zero-order valence-corrected chi connectivity index (χ0v) is 10.9. The predicted octanol–water partition coefficient (Wildman–Crippen LogP) is 1.19. The van der Waals surface area contributed by atoms with Crippen molar-refractivity contribution in [3.63, 3.8) is 0 Å². The summed E-state index contributed by atoms with van der Waals surface area (Å²) in [5, 5.41) is -1.00. The van der Waals surface area contributed by atoms with Crippen molar-refractivity contribution in [3.8, 4) is 0 Å². The SMILES string of the molecule is CC[C@H]([C@@H](C)OCc1ncc(F)cn1)S(=O)(=O)O. The molecule has 0 bridgehead atoms. The van der Waals surface area contributed by atoms with Crippen LogP contribution in [0.3, 0.4) is 0 Å². The number of hydrogen-bond donors (Lipinski definition) is 1. The second-order valence-corrected chi connectivity index (χ2v) is 5.43. The lowest BCUT2D eigenvalue weighted by atomic mass is 10.2. The zero-order valence-electron chi connectivity index (χ0n) is 10.1. The third kappa shape index (κ3) is 4.28. The molecule has 0 saturated carbocycles. The van der Waals surface area contributed by atoms with Gasteiger partial charge in [0, 0.05) is 0 Å². The first-order chi connectivity index (χ1) is 8.34. The predicted molar refractivity (Wildman–Crippen MR) is 61.9 cm³/mol. The molecule has 1 heterocycles. The standard InChI is InChI=1S/C10H15FN2O4S/c1-3-9(18(14,15)16)7(2)17-6-10-12-4-8(11)5-13-10/h4-5,7,9H,3,6H2,1-2H3,(H,14,15,16)/t7-,9-/m1/s1. The Hall–Kier alpha value is -1.12. The van der Waals surface area contributed by atoms with Crippen LogP contribution < -0.4 is 0 Å². The van der Waals surface area contributed by atoms with Gasteiger partial charge in [-0.1, -0.05) is 6.92 Å². The summed E-state index contributed by atoms with van der Waals surface area (Å²) in [5.74, 6) is -0.315. The zero-order chi connectivity index (χ0) is 13.8. The summed E-state index contributed by atoms with van der Waals surface area (Å²) in [5.41, 5.74) is 0. The monoisotopic (exact) mass is 278 g/mol. The van der Waals surface area contributed by atoms with E-state index in [-0.39, 0.29) is 18.9 Å². The van der Waals surface area contributed by atoms with Gasteiger partial charge in [0.1, 0.15) is 11.9 Å². The minimum Gasteiger partial charge on any atom is -0.369 e. The molecule has 2 atom stereocenters. The minimum atomic E-state index is -4.15. The topological polar surface area (TPSA) is 89.4 Å². The molecule has 0 saturated heterocycles. The van der Waals surface area contributed by atoms with Gasteiger partial charge >= 0.3 is 0 Å². The first kappa shape index (κ1) is 14.9. The molecular weight excluding hydrogens is 263 g/mol. The Morgan fingerprint density at radius 3 is 2.44 bits per heavy atom. The number of rotatable bonds is 6. The Balaban J connectivity index is 2.60. The molecule has 0 radical (unpaired) electrons. The van der Waals surface area contributed by atoms with Crippen LogP contribution >= 0.6 is 0 Å². The molecule has 0 amide bonds. The maximum atomic E-state index is 12.5. The van der Waals surface area contributed by atoms with Crippen molar-refractivity contribution in [2.45, 2.75) is 38.2 Å². The van der Waals surface area contributed by atoms with Crippen LogP contribution in [-0.2, 0) is 21.5 Å². The van der Waals surface area contributed by atoms with Gasteiger partial charge in [-0.2, -0.15) is 8.42 Å². The molecule has 0 aromatic carbocycles. The molecular formula is C10H15FN2O4S. The smallest absolute Gasteiger partial charge is 0.270 e. The Morgan fingerprint density at radius 1 is 1.44 bits per heavy atom. The fraction of sp³-hybridized carbons (Fsp3) is 0.600. The van der Waals surface area contributed by atoms with E-state index in [9.17, 15) is 12.8 Å². The maximum Gasteiger partial charge on any atom is 0.270 e. The largest absolute Gasteiger partial charge is 0.369 e. The van der Waals surface area contributed by atoms with Gasteiger partial charge in [0.05, 0.1) is 18.5 Å². The molecule has 1 aromatic heterocycles. The molecule has 1 rings (SSSR count). The van der Waals surface area contributed by atoms with E-state index in [2.05, 4.69) is 9.97 Å². The van der Waals surface area contributed by atoms with Gasteiger partial charge in [0.2, 0.25) is 0 Å². The number of nitrogens with zero attached hydrogens (tertiary/aromatic N) is 2. The molecule has 0 aliphatic rings. The molecule has 0 unspecified atom stereocenters. The van der Waals surface area contributed by atoms with Crippen molar-refractivity contribution in [1.29, 1.82) is 0 Å².